The second-order valence-corrected chi connectivity index (χ2v) is 8.33. The van der Waals surface area contributed by atoms with Gasteiger partial charge in [0.2, 0.25) is 5.60 Å². The maximum atomic E-state index is 14.1. The molecule has 0 amide bonds. The largest absolute Gasteiger partial charge is 0.489 e. The lowest BCUT2D eigenvalue weighted by Crippen LogP contribution is -2.47. The average molecular weight is 509 g/mol. The number of aliphatic hydroxyl groups is 1. The Bertz CT molecular complexity index is 1170. The van der Waals surface area contributed by atoms with Gasteiger partial charge in [-0.05, 0) is 49.2 Å². The zero-order valence-electron chi connectivity index (χ0n) is 19.3. The van der Waals surface area contributed by atoms with Gasteiger partial charge < -0.3 is 14.6 Å². The molecule has 3 rings (SSSR count). The third-order valence-corrected chi connectivity index (χ3v) is 5.87. The molecule has 3 aromatic rings. The molecule has 6 nitrogen and oxygen atoms in total. The lowest BCUT2D eigenvalue weighted by atomic mass is 9.80. The van der Waals surface area contributed by atoms with Crippen LogP contribution >= 0.6 is 11.6 Å². The Balaban J connectivity index is 1.78. The number of nitrogens with zero attached hydrogens (tertiary/aromatic N) is 2. The minimum absolute atomic E-state index is 0.00425. The highest BCUT2D eigenvalue weighted by molar-refractivity contribution is 6.31. The molecule has 2 atom stereocenters. The number of aromatic nitrogens is 2. The highest BCUT2D eigenvalue weighted by Crippen LogP contribution is 2.49. The molecular weight excluding hydrogens is 485 g/mol. The van der Waals surface area contributed by atoms with Crippen molar-refractivity contribution >= 4 is 17.6 Å². The molecule has 0 fully saturated rings. The number of esters is 1. The standard InChI is InChI=1S/C25H24ClF3N2O4/c1-4-34-23(32)18-7-5-17(6-8-18)14-35-19-9-10-20(21(26)11-19)16(3)24(33,25(27,28)29)22-13-30-15(2)12-31-22/h5-13,16,33H,4,14H2,1-3H3. The van der Waals surface area contributed by atoms with Crippen molar-refractivity contribution in [3.63, 3.8) is 0 Å². The van der Waals surface area contributed by atoms with E-state index in [9.17, 15) is 23.1 Å². The van der Waals surface area contributed by atoms with Gasteiger partial charge in [-0.1, -0.05) is 36.7 Å². The van der Waals surface area contributed by atoms with Crippen molar-refractivity contribution in [2.24, 2.45) is 0 Å². The first-order valence-corrected chi connectivity index (χ1v) is 11.1. The molecular formula is C25H24ClF3N2O4. The van der Waals surface area contributed by atoms with Crippen molar-refractivity contribution in [2.75, 3.05) is 6.61 Å². The Kier molecular flexibility index (Phi) is 8.02. The smallest absolute Gasteiger partial charge is 0.423 e. The summed E-state index contributed by atoms with van der Waals surface area (Å²) < 4.78 is 52.8. The number of carbonyl (C=O) groups is 1. The van der Waals surface area contributed by atoms with Gasteiger partial charge in [-0.2, -0.15) is 13.2 Å². The molecule has 1 aromatic heterocycles. The van der Waals surface area contributed by atoms with Crippen LogP contribution in [-0.2, 0) is 16.9 Å². The molecule has 0 spiro atoms. The molecule has 0 aliphatic carbocycles. The predicted octanol–water partition coefficient (Wildman–Crippen LogP) is 5.75. The zero-order valence-corrected chi connectivity index (χ0v) is 20.0. The van der Waals surface area contributed by atoms with E-state index in [2.05, 4.69) is 9.97 Å². The Labute approximate surface area is 205 Å². The second-order valence-electron chi connectivity index (χ2n) is 7.92. The lowest BCUT2D eigenvalue weighted by Gasteiger charge is -2.35. The van der Waals surface area contributed by atoms with Crippen LogP contribution in [0.2, 0.25) is 5.02 Å². The van der Waals surface area contributed by atoms with Crippen molar-refractivity contribution < 1.29 is 32.5 Å². The van der Waals surface area contributed by atoms with Gasteiger partial charge in [-0.15, -0.1) is 0 Å². The first-order chi connectivity index (χ1) is 16.5. The number of alkyl halides is 3. The Morgan fingerprint density at radius 2 is 1.80 bits per heavy atom. The van der Waals surface area contributed by atoms with E-state index >= 15 is 0 Å². The Morgan fingerprint density at radius 3 is 2.34 bits per heavy atom. The van der Waals surface area contributed by atoms with Crippen molar-refractivity contribution in [1.29, 1.82) is 0 Å². The second kappa shape index (κ2) is 10.6. The van der Waals surface area contributed by atoms with Gasteiger partial charge in [0.1, 0.15) is 18.1 Å². The van der Waals surface area contributed by atoms with E-state index in [1.54, 1.807) is 38.1 Å². The average Bonchev–Trinajstić information content (AvgIpc) is 2.82. The number of hydrogen-bond donors (Lipinski definition) is 1. The van der Waals surface area contributed by atoms with Crippen molar-refractivity contribution in [1.82, 2.24) is 9.97 Å². The minimum Gasteiger partial charge on any atom is -0.489 e. The molecule has 0 saturated carbocycles. The van der Waals surface area contributed by atoms with E-state index in [4.69, 9.17) is 21.1 Å². The number of rotatable bonds is 8. The summed E-state index contributed by atoms with van der Waals surface area (Å²) in [4.78, 5) is 19.4. The number of hydrogen-bond acceptors (Lipinski definition) is 6. The van der Waals surface area contributed by atoms with Crippen LogP contribution < -0.4 is 4.74 Å². The molecule has 0 saturated heterocycles. The predicted molar refractivity (Wildman–Crippen MR) is 123 cm³/mol. The summed E-state index contributed by atoms with van der Waals surface area (Å²) in [5, 5.41) is 10.8. The molecule has 2 aromatic carbocycles. The normalized spacial score (nSPS) is 14.2. The van der Waals surface area contributed by atoms with E-state index in [1.807, 2.05) is 0 Å². The molecule has 1 heterocycles. The van der Waals surface area contributed by atoms with Gasteiger partial charge in [0.15, 0.2) is 0 Å². The van der Waals surface area contributed by atoms with Crippen LogP contribution in [0.4, 0.5) is 13.2 Å². The van der Waals surface area contributed by atoms with Crippen LogP contribution in [0.15, 0.2) is 54.9 Å². The number of aryl methyl sites for hydroxylation is 1. The zero-order chi connectivity index (χ0) is 25.8. The van der Waals surface area contributed by atoms with Crippen LogP contribution in [0.25, 0.3) is 0 Å². The van der Waals surface area contributed by atoms with Gasteiger partial charge in [-0.3, -0.25) is 9.97 Å². The summed E-state index contributed by atoms with van der Waals surface area (Å²) in [7, 11) is 0. The summed E-state index contributed by atoms with van der Waals surface area (Å²) in [5.74, 6) is -1.59. The molecule has 2 unspecified atom stereocenters. The Morgan fingerprint density at radius 1 is 1.11 bits per heavy atom. The summed E-state index contributed by atoms with van der Waals surface area (Å²) in [6, 6.07) is 10.9. The first-order valence-electron chi connectivity index (χ1n) is 10.7. The summed E-state index contributed by atoms with van der Waals surface area (Å²) in [6.07, 6.45) is -2.96. The molecule has 0 radical (unpaired) electrons. The van der Waals surface area contributed by atoms with E-state index in [1.165, 1.54) is 25.1 Å². The number of benzene rings is 2. The summed E-state index contributed by atoms with van der Waals surface area (Å²) in [6.45, 7) is 4.94. The van der Waals surface area contributed by atoms with Gasteiger partial charge in [0, 0.05) is 17.1 Å². The minimum atomic E-state index is -5.04. The van der Waals surface area contributed by atoms with Crippen molar-refractivity contribution in [3.8, 4) is 5.75 Å². The number of halogens is 4. The van der Waals surface area contributed by atoms with Crippen LogP contribution in [0.1, 0.15) is 52.6 Å². The first kappa shape index (κ1) is 26.4. The molecule has 0 aliphatic rings. The van der Waals surface area contributed by atoms with Crippen molar-refractivity contribution in [2.45, 2.75) is 45.1 Å². The maximum absolute atomic E-state index is 14.1. The van der Waals surface area contributed by atoms with Gasteiger partial charge in [-0.25, -0.2) is 4.79 Å². The van der Waals surface area contributed by atoms with Crippen LogP contribution in [0.5, 0.6) is 5.75 Å². The maximum Gasteiger partial charge on any atom is 0.423 e. The molecule has 10 heteroatoms. The van der Waals surface area contributed by atoms with Crippen LogP contribution in [0.3, 0.4) is 0 Å². The molecule has 0 aliphatic heterocycles. The Hall–Kier alpha value is -3.17. The summed E-state index contributed by atoms with van der Waals surface area (Å²) in [5.41, 5.74) is -2.27. The van der Waals surface area contributed by atoms with E-state index in [0.29, 0.717) is 17.0 Å². The number of ether oxygens (including phenoxy) is 2. The monoisotopic (exact) mass is 508 g/mol. The highest BCUT2D eigenvalue weighted by atomic mass is 35.5. The van der Waals surface area contributed by atoms with Gasteiger partial charge in [0.25, 0.3) is 0 Å². The van der Waals surface area contributed by atoms with Crippen molar-refractivity contribution in [3.05, 3.63) is 88.0 Å². The SMILES string of the molecule is CCOC(=O)c1ccc(COc2ccc(C(C)C(O)(c3cnc(C)cn3)C(F)(F)F)c(Cl)c2)cc1. The van der Waals surface area contributed by atoms with E-state index in [-0.39, 0.29) is 23.8 Å². The van der Waals surface area contributed by atoms with E-state index in [0.717, 1.165) is 18.0 Å². The fourth-order valence-corrected chi connectivity index (χ4v) is 3.83. The van der Waals surface area contributed by atoms with Crippen LogP contribution in [0, 0.1) is 6.92 Å². The van der Waals surface area contributed by atoms with Crippen LogP contribution in [-0.4, -0.2) is 33.8 Å². The third-order valence-electron chi connectivity index (χ3n) is 5.54. The van der Waals surface area contributed by atoms with Gasteiger partial charge in [0.05, 0.1) is 24.1 Å². The fourth-order valence-electron chi connectivity index (χ4n) is 3.49. The molecule has 186 valence electrons. The molecule has 1 N–H and O–H groups in total. The topological polar surface area (TPSA) is 81.5 Å². The summed E-state index contributed by atoms with van der Waals surface area (Å²) >= 11 is 6.31. The molecule has 35 heavy (non-hydrogen) atoms. The fraction of sp³-hybridized carbons (Fsp3) is 0.320. The van der Waals surface area contributed by atoms with E-state index < -0.39 is 29.4 Å². The van der Waals surface area contributed by atoms with Gasteiger partial charge >= 0.3 is 12.1 Å². The number of carbonyl (C=O) groups excluding carboxylic acids is 1. The molecule has 0 bridgehead atoms. The highest BCUT2D eigenvalue weighted by Gasteiger charge is 2.60. The lowest BCUT2D eigenvalue weighted by molar-refractivity contribution is -0.276. The third kappa shape index (κ3) is 5.74. The quantitative estimate of drug-likeness (QED) is 0.390.